The van der Waals surface area contributed by atoms with Gasteiger partial charge in [-0.25, -0.2) is 0 Å². The molecule has 5 aliphatic rings. The van der Waals surface area contributed by atoms with Crippen molar-refractivity contribution in [2.45, 2.75) is 57.8 Å². The summed E-state index contributed by atoms with van der Waals surface area (Å²) in [5.41, 5.74) is 3.92. The maximum atomic E-state index is 13.1. The molecular formula is C20H25NO. The minimum atomic E-state index is -0.0340. The SMILES string of the molecule is O=C(Nc1ccc2c(c1)CCC2)C12CC3CC(CC(C3)C1)C2. The van der Waals surface area contributed by atoms with Gasteiger partial charge in [-0.3, -0.25) is 4.79 Å². The molecule has 6 rings (SSSR count). The number of aryl methyl sites for hydroxylation is 2. The molecule has 0 spiro atoms. The first-order chi connectivity index (χ1) is 10.7. The molecule has 5 aliphatic carbocycles. The van der Waals surface area contributed by atoms with Crippen LogP contribution in [0.15, 0.2) is 18.2 Å². The van der Waals surface area contributed by atoms with Gasteiger partial charge in [-0.1, -0.05) is 6.07 Å². The Bertz CT molecular complexity index is 597. The van der Waals surface area contributed by atoms with Crippen molar-refractivity contribution < 1.29 is 4.79 Å². The summed E-state index contributed by atoms with van der Waals surface area (Å²) >= 11 is 0. The van der Waals surface area contributed by atoms with Gasteiger partial charge in [0.25, 0.3) is 0 Å². The molecule has 2 heteroatoms. The number of hydrogen-bond acceptors (Lipinski definition) is 1. The van der Waals surface area contributed by atoms with Crippen molar-refractivity contribution >= 4 is 11.6 Å². The van der Waals surface area contributed by atoms with Gasteiger partial charge in [0, 0.05) is 5.69 Å². The minimum Gasteiger partial charge on any atom is -0.326 e. The Balaban J connectivity index is 1.38. The summed E-state index contributed by atoms with van der Waals surface area (Å²) in [5.74, 6) is 2.82. The molecule has 116 valence electrons. The second-order valence-electron chi connectivity index (χ2n) is 8.49. The van der Waals surface area contributed by atoms with Crippen molar-refractivity contribution in [3.05, 3.63) is 29.3 Å². The van der Waals surface area contributed by atoms with Crippen LogP contribution in [0.5, 0.6) is 0 Å². The van der Waals surface area contributed by atoms with E-state index in [9.17, 15) is 4.79 Å². The molecule has 0 atom stereocenters. The standard InChI is InChI=1S/C20H25NO/c22-19(21-18-5-4-16-2-1-3-17(16)9-18)20-10-13-6-14(11-20)8-15(7-13)12-20/h4-5,9,13-15H,1-3,6-8,10-12H2,(H,21,22). The molecule has 4 saturated carbocycles. The lowest BCUT2D eigenvalue weighted by Gasteiger charge is -2.55. The van der Waals surface area contributed by atoms with Gasteiger partial charge < -0.3 is 5.32 Å². The van der Waals surface area contributed by atoms with Crippen molar-refractivity contribution in [2.75, 3.05) is 5.32 Å². The molecule has 2 nitrogen and oxygen atoms in total. The van der Waals surface area contributed by atoms with E-state index in [2.05, 4.69) is 23.5 Å². The van der Waals surface area contributed by atoms with Crippen LogP contribution in [0.25, 0.3) is 0 Å². The number of benzene rings is 1. The number of carbonyl (C=O) groups is 1. The van der Waals surface area contributed by atoms with E-state index in [0.29, 0.717) is 5.91 Å². The van der Waals surface area contributed by atoms with Crippen LogP contribution in [0.2, 0.25) is 0 Å². The highest BCUT2D eigenvalue weighted by atomic mass is 16.2. The Hall–Kier alpha value is -1.31. The summed E-state index contributed by atoms with van der Waals surface area (Å²) in [7, 11) is 0. The van der Waals surface area contributed by atoms with Gasteiger partial charge in [-0.15, -0.1) is 0 Å². The van der Waals surface area contributed by atoms with Gasteiger partial charge in [0.15, 0.2) is 0 Å². The molecule has 0 aliphatic heterocycles. The van der Waals surface area contributed by atoms with Gasteiger partial charge in [-0.05, 0) is 98.8 Å². The van der Waals surface area contributed by atoms with E-state index in [-0.39, 0.29) is 5.41 Å². The first-order valence-electron chi connectivity index (χ1n) is 9.13. The zero-order valence-corrected chi connectivity index (χ0v) is 13.2. The maximum Gasteiger partial charge on any atom is 0.230 e. The Morgan fingerprint density at radius 2 is 1.59 bits per heavy atom. The second kappa shape index (κ2) is 4.59. The molecule has 1 N–H and O–H groups in total. The largest absolute Gasteiger partial charge is 0.326 e. The van der Waals surface area contributed by atoms with E-state index in [1.807, 2.05) is 0 Å². The monoisotopic (exact) mass is 295 g/mol. The van der Waals surface area contributed by atoms with Crippen molar-refractivity contribution in [3.8, 4) is 0 Å². The van der Waals surface area contributed by atoms with Crippen LogP contribution < -0.4 is 5.32 Å². The van der Waals surface area contributed by atoms with Crippen LogP contribution in [0, 0.1) is 23.2 Å². The average Bonchev–Trinajstić information content (AvgIpc) is 2.93. The molecule has 4 fully saturated rings. The van der Waals surface area contributed by atoms with Crippen molar-refractivity contribution in [3.63, 3.8) is 0 Å². The Labute approximate surface area is 132 Å². The lowest BCUT2D eigenvalue weighted by molar-refractivity contribution is -0.140. The third kappa shape index (κ3) is 1.96. The van der Waals surface area contributed by atoms with Crippen molar-refractivity contribution in [1.82, 2.24) is 0 Å². The summed E-state index contributed by atoms with van der Waals surface area (Å²) in [5, 5.41) is 3.29. The highest BCUT2D eigenvalue weighted by Crippen LogP contribution is 2.60. The highest BCUT2D eigenvalue weighted by Gasteiger charge is 2.54. The number of hydrogen-bond donors (Lipinski definition) is 1. The smallest absolute Gasteiger partial charge is 0.230 e. The summed E-state index contributed by atoms with van der Waals surface area (Å²) in [6.07, 6.45) is 11.3. The number of rotatable bonds is 2. The number of carbonyl (C=O) groups excluding carboxylic acids is 1. The van der Waals surface area contributed by atoms with Gasteiger partial charge in [0.1, 0.15) is 0 Å². The quantitative estimate of drug-likeness (QED) is 0.864. The zero-order valence-electron chi connectivity index (χ0n) is 13.2. The highest BCUT2D eigenvalue weighted by molar-refractivity contribution is 5.95. The molecule has 0 unspecified atom stereocenters. The zero-order chi connectivity index (χ0) is 14.7. The van der Waals surface area contributed by atoms with Gasteiger partial charge in [0.2, 0.25) is 5.91 Å². The Morgan fingerprint density at radius 1 is 0.955 bits per heavy atom. The van der Waals surface area contributed by atoms with E-state index in [4.69, 9.17) is 0 Å². The van der Waals surface area contributed by atoms with E-state index >= 15 is 0 Å². The predicted molar refractivity (Wildman–Crippen MR) is 87.7 cm³/mol. The number of anilines is 1. The molecule has 0 aromatic heterocycles. The fourth-order valence-corrected chi connectivity index (χ4v) is 6.30. The summed E-state index contributed by atoms with van der Waals surface area (Å²) < 4.78 is 0. The number of fused-ring (bicyclic) bond motifs is 1. The van der Waals surface area contributed by atoms with Crippen molar-refractivity contribution in [1.29, 1.82) is 0 Å². The first kappa shape index (κ1) is 13.2. The number of amides is 1. The number of nitrogens with one attached hydrogen (secondary N) is 1. The van der Waals surface area contributed by atoms with Crippen LogP contribution >= 0.6 is 0 Å². The van der Waals surface area contributed by atoms with E-state index in [1.165, 1.54) is 49.7 Å². The van der Waals surface area contributed by atoms with Crippen LogP contribution in [0.4, 0.5) is 5.69 Å². The molecule has 1 aromatic carbocycles. The average molecular weight is 295 g/mol. The first-order valence-corrected chi connectivity index (χ1v) is 9.13. The van der Waals surface area contributed by atoms with Crippen LogP contribution in [-0.2, 0) is 17.6 Å². The summed E-state index contributed by atoms with van der Waals surface area (Å²) in [6.45, 7) is 0. The van der Waals surface area contributed by atoms with E-state index in [1.54, 1.807) is 0 Å². The molecule has 0 saturated heterocycles. The Morgan fingerprint density at radius 3 is 2.27 bits per heavy atom. The predicted octanol–water partition coefficient (Wildman–Crippen LogP) is 4.33. The summed E-state index contributed by atoms with van der Waals surface area (Å²) in [6, 6.07) is 6.56. The van der Waals surface area contributed by atoms with Gasteiger partial charge in [-0.2, -0.15) is 0 Å². The van der Waals surface area contributed by atoms with Crippen LogP contribution in [-0.4, -0.2) is 5.91 Å². The molecule has 0 heterocycles. The fraction of sp³-hybridized carbons (Fsp3) is 0.650. The minimum absolute atomic E-state index is 0.0340. The van der Waals surface area contributed by atoms with Crippen molar-refractivity contribution in [2.24, 2.45) is 23.2 Å². The molecule has 1 aromatic rings. The van der Waals surface area contributed by atoms with Gasteiger partial charge >= 0.3 is 0 Å². The fourth-order valence-electron chi connectivity index (χ4n) is 6.30. The second-order valence-corrected chi connectivity index (χ2v) is 8.49. The molecule has 0 radical (unpaired) electrons. The van der Waals surface area contributed by atoms with Crippen LogP contribution in [0.3, 0.4) is 0 Å². The third-order valence-corrected chi connectivity index (χ3v) is 6.88. The lowest BCUT2D eigenvalue weighted by Crippen LogP contribution is -2.51. The molecule has 1 amide bonds. The Kier molecular flexibility index (Phi) is 2.75. The molecular weight excluding hydrogens is 270 g/mol. The normalized spacial score (nSPS) is 38.1. The maximum absolute atomic E-state index is 13.1. The molecule has 22 heavy (non-hydrogen) atoms. The van der Waals surface area contributed by atoms with E-state index in [0.717, 1.165) is 42.7 Å². The van der Waals surface area contributed by atoms with E-state index < -0.39 is 0 Å². The van der Waals surface area contributed by atoms with Gasteiger partial charge in [0.05, 0.1) is 5.41 Å². The molecule has 4 bridgehead atoms. The summed E-state index contributed by atoms with van der Waals surface area (Å²) in [4.78, 5) is 13.1. The third-order valence-electron chi connectivity index (χ3n) is 6.88. The van der Waals surface area contributed by atoms with Crippen LogP contribution in [0.1, 0.15) is 56.1 Å². The topological polar surface area (TPSA) is 29.1 Å². The lowest BCUT2D eigenvalue weighted by atomic mass is 9.49.